The zero-order valence-electron chi connectivity index (χ0n) is 9.91. The van der Waals surface area contributed by atoms with Gasteiger partial charge in [-0.1, -0.05) is 31.8 Å². The average molecular weight is 230 g/mol. The van der Waals surface area contributed by atoms with Crippen LogP contribution in [0.25, 0.3) is 0 Å². The number of carbonyl (C=O) groups is 1. The first-order valence-electron chi connectivity index (χ1n) is 6.04. The summed E-state index contributed by atoms with van der Waals surface area (Å²) in [5.74, 6) is 5.12. The number of carbonyl (C=O) groups excluding carboxylic acids is 1. The normalized spacial score (nSPS) is 25.4. The Morgan fingerprint density at radius 1 is 1.44 bits per heavy atom. The van der Waals surface area contributed by atoms with Crippen molar-refractivity contribution in [2.24, 2.45) is 11.8 Å². The van der Waals surface area contributed by atoms with Gasteiger partial charge < -0.3 is 9.57 Å². The van der Waals surface area contributed by atoms with E-state index in [4.69, 9.17) is 10.6 Å². The highest BCUT2D eigenvalue weighted by atomic mass is 16.7. The minimum Gasteiger partial charge on any atom is -0.377 e. The van der Waals surface area contributed by atoms with Gasteiger partial charge in [0.15, 0.2) is 0 Å². The maximum absolute atomic E-state index is 11.0. The molecule has 5 heteroatoms. The van der Waals surface area contributed by atoms with Crippen molar-refractivity contribution in [1.82, 2.24) is 5.59 Å². The van der Waals surface area contributed by atoms with Gasteiger partial charge in [-0.3, -0.25) is 4.79 Å². The Labute approximate surface area is 96.6 Å². The second-order valence-corrected chi connectivity index (χ2v) is 4.20. The van der Waals surface area contributed by atoms with Crippen molar-refractivity contribution in [3.8, 4) is 0 Å². The molecule has 94 valence electrons. The molecule has 1 saturated carbocycles. The molecule has 1 fully saturated rings. The average Bonchev–Trinajstić information content (AvgIpc) is 2.30. The van der Waals surface area contributed by atoms with E-state index < -0.39 is 0 Å². The van der Waals surface area contributed by atoms with Gasteiger partial charge in [-0.05, 0) is 18.8 Å². The summed E-state index contributed by atoms with van der Waals surface area (Å²) in [5, 5.41) is 0. The largest absolute Gasteiger partial charge is 0.377 e. The van der Waals surface area contributed by atoms with Crippen molar-refractivity contribution >= 4 is 5.97 Å². The van der Waals surface area contributed by atoms with E-state index in [1.54, 1.807) is 0 Å². The second kappa shape index (κ2) is 7.60. The van der Waals surface area contributed by atoms with Gasteiger partial charge in [0.05, 0.1) is 19.1 Å². The third-order valence-electron chi connectivity index (χ3n) is 3.17. The Bertz CT molecular complexity index is 211. The Balaban J connectivity index is 2.17. The molecule has 0 aromatic heterocycles. The highest BCUT2D eigenvalue weighted by Gasteiger charge is 2.24. The summed E-state index contributed by atoms with van der Waals surface area (Å²) in [4.78, 5) is 15.4. The molecule has 0 saturated heterocycles. The second-order valence-electron chi connectivity index (χ2n) is 4.20. The van der Waals surface area contributed by atoms with Crippen LogP contribution >= 0.6 is 0 Å². The lowest BCUT2D eigenvalue weighted by atomic mass is 9.85. The molecule has 16 heavy (non-hydrogen) atoms. The van der Waals surface area contributed by atoms with E-state index in [0.717, 1.165) is 12.8 Å². The van der Waals surface area contributed by atoms with E-state index in [9.17, 15) is 4.79 Å². The van der Waals surface area contributed by atoms with Crippen LogP contribution in [0, 0.1) is 5.92 Å². The summed E-state index contributed by atoms with van der Waals surface area (Å²) in [6.07, 6.45) is 6.61. The molecule has 0 amide bonds. The molecule has 0 aliphatic heterocycles. The van der Waals surface area contributed by atoms with Crippen molar-refractivity contribution in [3.05, 3.63) is 0 Å². The quantitative estimate of drug-likeness (QED) is 0.531. The third-order valence-corrected chi connectivity index (χ3v) is 3.17. The third kappa shape index (κ3) is 4.47. The Hall–Kier alpha value is -0.650. The minimum atomic E-state index is -0.383. The molecule has 2 unspecified atom stereocenters. The van der Waals surface area contributed by atoms with Crippen LogP contribution in [0.1, 0.15) is 45.4 Å². The summed E-state index contributed by atoms with van der Waals surface area (Å²) in [7, 11) is 0. The van der Waals surface area contributed by atoms with E-state index >= 15 is 0 Å². The molecule has 0 spiro atoms. The first-order valence-corrected chi connectivity index (χ1v) is 6.04. The van der Waals surface area contributed by atoms with E-state index in [-0.39, 0.29) is 12.4 Å². The number of nitrogens with two attached hydrogens (primary N) is 1. The van der Waals surface area contributed by atoms with Gasteiger partial charge in [0.1, 0.15) is 0 Å². The predicted octanol–water partition coefficient (Wildman–Crippen LogP) is 1.28. The molecule has 2 atom stereocenters. The van der Waals surface area contributed by atoms with Crippen molar-refractivity contribution in [3.63, 3.8) is 0 Å². The summed E-state index contributed by atoms with van der Waals surface area (Å²) in [5.41, 5.74) is 1.87. The Morgan fingerprint density at radius 2 is 2.19 bits per heavy atom. The smallest absolute Gasteiger partial charge is 0.328 e. The molecule has 0 heterocycles. The molecular formula is C11H22N2O3. The lowest BCUT2D eigenvalue weighted by Gasteiger charge is -2.30. The van der Waals surface area contributed by atoms with Crippen molar-refractivity contribution < 1.29 is 14.4 Å². The van der Waals surface area contributed by atoms with E-state index in [1.807, 2.05) is 5.59 Å². The number of hydrazine groups is 1. The van der Waals surface area contributed by atoms with Crippen molar-refractivity contribution in [2.45, 2.75) is 51.6 Å². The van der Waals surface area contributed by atoms with Crippen LogP contribution in [-0.2, 0) is 14.4 Å². The molecule has 1 aliphatic rings. The topological polar surface area (TPSA) is 73.6 Å². The molecule has 1 aliphatic carbocycles. The first-order chi connectivity index (χ1) is 7.77. The van der Waals surface area contributed by atoms with Crippen LogP contribution in [0.5, 0.6) is 0 Å². The van der Waals surface area contributed by atoms with Crippen LogP contribution in [0.4, 0.5) is 0 Å². The summed E-state index contributed by atoms with van der Waals surface area (Å²) in [6, 6.07) is 0. The van der Waals surface area contributed by atoms with Gasteiger partial charge in [0.2, 0.25) is 0 Å². The summed E-state index contributed by atoms with van der Waals surface area (Å²) >= 11 is 0. The molecule has 0 aromatic rings. The number of nitrogens with one attached hydrogen (secondary N) is 1. The Kier molecular flexibility index (Phi) is 6.37. The van der Waals surface area contributed by atoms with Gasteiger partial charge in [-0.25, -0.2) is 5.84 Å². The number of ether oxygens (including phenoxy) is 1. The first kappa shape index (κ1) is 13.4. The maximum atomic E-state index is 11.0. The highest BCUT2D eigenvalue weighted by molar-refractivity contribution is 5.69. The standard InChI is InChI=1S/C11H22N2O3/c1-2-9-5-3-4-6-10(9)15-8-7-11(14)16-13-12/h9-10,13H,2-8,12H2,1H3. The van der Waals surface area contributed by atoms with Gasteiger partial charge in [-0.15, -0.1) is 0 Å². The van der Waals surface area contributed by atoms with Crippen LogP contribution < -0.4 is 11.4 Å². The lowest BCUT2D eigenvalue weighted by Crippen LogP contribution is -2.30. The minimum absolute atomic E-state index is 0.247. The zero-order valence-corrected chi connectivity index (χ0v) is 9.91. The molecule has 1 rings (SSSR count). The molecule has 5 nitrogen and oxygen atoms in total. The van der Waals surface area contributed by atoms with Crippen LogP contribution in [0.15, 0.2) is 0 Å². The SMILES string of the molecule is CCC1CCCCC1OCCC(=O)ONN. The van der Waals surface area contributed by atoms with Crippen LogP contribution in [-0.4, -0.2) is 18.7 Å². The fourth-order valence-electron chi connectivity index (χ4n) is 2.27. The monoisotopic (exact) mass is 230 g/mol. The number of rotatable bonds is 6. The fourth-order valence-corrected chi connectivity index (χ4v) is 2.27. The van der Waals surface area contributed by atoms with Gasteiger partial charge >= 0.3 is 5.97 Å². The lowest BCUT2D eigenvalue weighted by molar-refractivity contribution is -0.153. The highest BCUT2D eigenvalue weighted by Crippen LogP contribution is 2.29. The van der Waals surface area contributed by atoms with E-state index in [2.05, 4.69) is 11.8 Å². The summed E-state index contributed by atoms with van der Waals surface area (Å²) in [6.45, 7) is 2.61. The van der Waals surface area contributed by atoms with Gasteiger partial charge in [0.25, 0.3) is 0 Å². The zero-order chi connectivity index (χ0) is 11.8. The van der Waals surface area contributed by atoms with E-state index in [1.165, 1.54) is 19.3 Å². The molecule has 3 N–H and O–H groups in total. The fraction of sp³-hybridized carbons (Fsp3) is 0.909. The van der Waals surface area contributed by atoms with Crippen molar-refractivity contribution in [2.75, 3.05) is 6.61 Å². The van der Waals surface area contributed by atoms with Crippen molar-refractivity contribution in [1.29, 1.82) is 0 Å². The number of hydrogen-bond acceptors (Lipinski definition) is 5. The van der Waals surface area contributed by atoms with Crippen LogP contribution in [0.3, 0.4) is 0 Å². The molecule has 0 radical (unpaired) electrons. The molecule has 0 bridgehead atoms. The van der Waals surface area contributed by atoms with Gasteiger partial charge in [-0.2, -0.15) is 0 Å². The van der Waals surface area contributed by atoms with E-state index in [0.29, 0.717) is 18.6 Å². The molecule has 0 aromatic carbocycles. The van der Waals surface area contributed by atoms with Gasteiger partial charge in [0, 0.05) is 0 Å². The predicted molar refractivity (Wildman–Crippen MR) is 60.0 cm³/mol. The summed E-state index contributed by atoms with van der Waals surface area (Å²) < 4.78 is 5.73. The number of hydrogen-bond donors (Lipinski definition) is 2. The Morgan fingerprint density at radius 3 is 2.88 bits per heavy atom. The maximum Gasteiger partial charge on any atom is 0.328 e. The van der Waals surface area contributed by atoms with Crippen LogP contribution in [0.2, 0.25) is 0 Å². The molecular weight excluding hydrogens is 208 g/mol.